The van der Waals surface area contributed by atoms with Crippen molar-refractivity contribution in [3.63, 3.8) is 0 Å². The average molecular weight is 480 g/mol. The molecular weight excluding hydrogens is 450 g/mol. The van der Waals surface area contributed by atoms with E-state index in [1.165, 1.54) is 19.7 Å². The van der Waals surface area contributed by atoms with Gasteiger partial charge in [0, 0.05) is 26.5 Å². The Labute approximate surface area is 203 Å². The highest BCUT2D eigenvalue weighted by molar-refractivity contribution is 5.94. The van der Waals surface area contributed by atoms with Crippen LogP contribution in [0.25, 0.3) is 11.4 Å². The number of aryl methyl sites for hydroxylation is 3. The number of methoxy groups -OCH3 is 1. The molecule has 4 rings (SSSR count). The van der Waals surface area contributed by atoms with E-state index in [0.717, 1.165) is 5.69 Å². The number of aromatic nitrogens is 7. The highest BCUT2D eigenvalue weighted by atomic mass is 16.5. The summed E-state index contributed by atoms with van der Waals surface area (Å²) in [6.45, 7) is 6.09. The Balaban J connectivity index is 0.00000108. The molecule has 1 aromatic carbocycles. The molecule has 0 aliphatic rings. The number of carboxylic acids is 1. The van der Waals surface area contributed by atoms with Gasteiger partial charge in [0.15, 0.2) is 17.4 Å². The first-order valence-corrected chi connectivity index (χ1v) is 10.9. The van der Waals surface area contributed by atoms with Crippen LogP contribution < -0.4 is 15.4 Å². The quantitative estimate of drug-likeness (QED) is 0.356. The maximum atomic E-state index is 11.8. The van der Waals surface area contributed by atoms with E-state index in [1.54, 1.807) is 48.1 Å². The molecule has 12 nitrogen and oxygen atoms in total. The average Bonchev–Trinajstić information content (AvgIpc) is 3.38. The molecule has 184 valence electrons. The maximum Gasteiger partial charge on any atom is 0.341 e. The van der Waals surface area contributed by atoms with Gasteiger partial charge in [-0.2, -0.15) is 15.2 Å². The first kappa shape index (κ1) is 25.1. The van der Waals surface area contributed by atoms with Gasteiger partial charge in [-0.05, 0) is 19.1 Å². The summed E-state index contributed by atoms with van der Waals surface area (Å²) in [6, 6.07) is 5.35. The van der Waals surface area contributed by atoms with Crippen molar-refractivity contribution in [2.24, 2.45) is 14.1 Å². The van der Waals surface area contributed by atoms with E-state index in [1.807, 2.05) is 13.0 Å². The number of ether oxygens (including phenoxy) is 1. The maximum absolute atomic E-state index is 11.8. The molecule has 0 aliphatic carbocycles. The summed E-state index contributed by atoms with van der Waals surface area (Å²) in [7, 11) is 5.09. The second kappa shape index (κ2) is 11.1. The summed E-state index contributed by atoms with van der Waals surface area (Å²) in [5.74, 6) is 0.0732. The molecule has 0 saturated carbocycles. The van der Waals surface area contributed by atoms with Crippen LogP contribution in [0.2, 0.25) is 0 Å². The Morgan fingerprint density at radius 3 is 2.40 bits per heavy atom. The van der Waals surface area contributed by atoms with Crippen LogP contribution in [0.1, 0.15) is 36.3 Å². The van der Waals surface area contributed by atoms with Crippen LogP contribution in [0.5, 0.6) is 5.75 Å². The van der Waals surface area contributed by atoms with E-state index in [0.29, 0.717) is 28.5 Å². The van der Waals surface area contributed by atoms with Crippen LogP contribution in [0.3, 0.4) is 0 Å². The Hall–Kier alpha value is -4.48. The number of nitrogens with zero attached hydrogens (tertiary/aromatic N) is 7. The smallest absolute Gasteiger partial charge is 0.341 e. The van der Waals surface area contributed by atoms with Crippen LogP contribution in [0.4, 0.5) is 23.1 Å². The number of hydrogen-bond donors (Lipinski definition) is 3. The number of para-hydroxylation sites is 1. The largest absolute Gasteiger partial charge is 0.494 e. The number of aromatic carboxylic acids is 1. The first-order chi connectivity index (χ1) is 16.8. The highest BCUT2D eigenvalue weighted by Gasteiger charge is 2.19. The Bertz CT molecular complexity index is 1310. The first-order valence-electron chi connectivity index (χ1n) is 10.9. The number of carboxylic acid groups (broad SMARTS) is 1. The molecule has 0 fully saturated rings. The molecule has 3 aromatic heterocycles. The van der Waals surface area contributed by atoms with Gasteiger partial charge < -0.3 is 20.5 Å². The molecule has 0 spiro atoms. The predicted molar refractivity (Wildman–Crippen MR) is 132 cm³/mol. The third-order valence-corrected chi connectivity index (χ3v) is 4.59. The third-order valence-electron chi connectivity index (χ3n) is 4.59. The van der Waals surface area contributed by atoms with E-state index in [4.69, 9.17) is 4.74 Å². The van der Waals surface area contributed by atoms with E-state index >= 15 is 0 Å². The summed E-state index contributed by atoms with van der Waals surface area (Å²) in [5, 5.41) is 24.3. The van der Waals surface area contributed by atoms with Gasteiger partial charge in [0.05, 0.1) is 29.7 Å². The predicted octanol–water partition coefficient (Wildman–Crippen LogP) is 3.92. The molecule has 0 radical (unpaired) electrons. The zero-order valence-corrected chi connectivity index (χ0v) is 20.6. The number of benzene rings is 1. The van der Waals surface area contributed by atoms with Gasteiger partial charge in [-0.15, -0.1) is 0 Å². The molecule has 12 heteroatoms. The van der Waals surface area contributed by atoms with Crippen LogP contribution in [-0.4, -0.2) is 52.7 Å². The highest BCUT2D eigenvalue weighted by Crippen LogP contribution is 2.36. The zero-order valence-electron chi connectivity index (χ0n) is 20.6. The van der Waals surface area contributed by atoms with E-state index in [2.05, 4.69) is 49.6 Å². The fourth-order valence-electron chi connectivity index (χ4n) is 3.16. The molecule has 0 atom stereocenters. The van der Waals surface area contributed by atoms with E-state index < -0.39 is 5.97 Å². The molecular formula is C23H29N9O3. The fourth-order valence-corrected chi connectivity index (χ4v) is 3.16. The van der Waals surface area contributed by atoms with Gasteiger partial charge in [-0.1, -0.05) is 26.3 Å². The van der Waals surface area contributed by atoms with Gasteiger partial charge in [0.25, 0.3) is 0 Å². The SMILES string of the molecule is CCC.COc1c(Nc2nc(Nc3cn(C)nc3C)ncc2C(=O)O)cccc1-c1ncn(C)n1. The van der Waals surface area contributed by atoms with Crippen molar-refractivity contribution in [2.75, 3.05) is 17.7 Å². The molecule has 0 bridgehead atoms. The summed E-state index contributed by atoms with van der Waals surface area (Å²) in [4.78, 5) is 24.5. The molecule has 4 aromatic rings. The molecule has 3 heterocycles. The number of anilines is 4. The number of nitrogens with one attached hydrogen (secondary N) is 2. The third kappa shape index (κ3) is 5.91. The fraction of sp³-hybridized carbons (Fsp3) is 0.304. The van der Waals surface area contributed by atoms with Crippen LogP contribution >= 0.6 is 0 Å². The van der Waals surface area contributed by atoms with Crippen molar-refractivity contribution in [3.8, 4) is 17.1 Å². The van der Waals surface area contributed by atoms with Crippen LogP contribution in [-0.2, 0) is 14.1 Å². The number of rotatable bonds is 7. The van der Waals surface area contributed by atoms with Crippen molar-refractivity contribution in [3.05, 3.63) is 48.2 Å². The number of carbonyl (C=O) groups is 1. The minimum absolute atomic E-state index is 0.0955. The lowest BCUT2D eigenvalue weighted by Crippen LogP contribution is -2.09. The van der Waals surface area contributed by atoms with Crippen molar-refractivity contribution in [2.45, 2.75) is 27.2 Å². The Morgan fingerprint density at radius 2 is 1.83 bits per heavy atom. The summed E-state index contributed by atoms with van der Waals surface area (Å²) < 4.78 is 8.83. The number of hydrogen-bond acceptors (Lipinski definition) is 9. The second-order valence-corrected chi connectivity index (χ2v) is 7.65. The van der Waals surface area contributed by atoms with Gasteiger partial charge in [-0.25, -0.2) is 14.8 Å². The molecule has 0 aliphatic heterocycles. The molecule has 0 saturated heterocycles. The summed E-state index contributed by atoms with van der Waals surface area (Å²) in [5.41, 5.74) is 2.52. The van der Waals surface area contributed by atoms with Gasteiger partial charge in [-0.3, -0.25) is 9.36 Å². The lowest BCUT2D eigenvalue weighted by Gasteiger charge is -2.15. The van der Waals surface area contributed by atoms with Crippen molar-refractivity contribution in [1.29, 1.82) is 0 Å². The topological polar surface area (TPSA) is 145 Å². The van der Waals surface area contributed by atoms with Gasteiger partial charge in [0.1, 0.15) is 11.9 Å². The van der Waals surface area contributed by atoms with E-state index in [-0.39, 0.29) is 17.3 Å². The Kier molecular flexibility index (Phi) is 7.97. The minimum Gasteiger partial charge on any atom is -0.494 e. The second-order valence-electron chi connectivity index (χ2n) is 7.65. The molecule has 0 amide bonds. The lowest BCUT2D eigenvalue weighted by molar-refractivity contribution is 0.0697. The summed E-state index contributed by atoms with van der Waals surface area (Å²) in [6.07, 6.45) is 5.85. The van der Waals surface area contributed by atoms with E-state index in [9.17, 15) is 9.90 Å². The van der Waals surface area contributed by atoms with Crippen LogP contribution in [0, 0.1) is 6.92 Å². The monoisotopic (exact) mass is 479 g/mol. The Morgan fingerprint density at radius 1 is 1.09 bits per heavy atom. The molecule has 0 unspecified atom stereocenters. The standard InChI is InChI=1S/C20H21N9O3.C3H8/c1-11-15(9-28(2)26-11)24-20-21-8-13(19(30)31)18(25-20)23-14-7-5-6-12(16(14)32-4)17-22-10-29(3)27-17;1-3-2/h5-10H,1-4H3,(H,30,31)(H2,21,23,24,25);3H2,1-2H3. The normalized spacial score (nSPS) is 10.3. The zero-order chi connectivity index (χ0) is 25.5. The van der Waals surface area contributed by atoms with Crippen LogP contribution in [0.15, 0.2) is 36.9 Å². The summed E-state index contributed by atoms with van der Waals surface area (Å²) >= 11 is 0. The lowest BCUT2D eigenvalue weighted by atomic mass is 10.1. The molecule has 35 heavy (non-hydrogen) atoms. The van der Waals surface area contributed by atoms with Crippen molar-refractivity contribution >= 4 is 29.1 Å². The van der Waals surface area contributed by atoms with Crippen molar-refractivity contribution in [1.82, 2.24) is 34.5 Å². The molecule has 3 N–H and O–H groups in total. The van der Waals surface area contributed by atoms with Gasteiger partial charge >= 0.3 is 5.97 Å². The van der Waals surface area contributed by atoms with Gasteiger partial charge in [0.2, 0.25) is 5.95 Å². The van der Waals surface area contributed by atoms with Crippen molar-refractivity contribution < 1.29 is 14.6 Å². The minimum atomic E-state index is -1.17.